The number of methoxy groups -OCH3 is 2. The van der Waals surface area contributed by atoms with Crippen LogP contribution in [0.5, 0.6) is 17.2 Å². The molecule has 0 saturated heterocycles. The lowest BCUT2D eigenvalue weighted by Crippen LogP contribution is -2.27. The fourth-order valence-electron chi connectivity index (χ4n) is 4.50. The number of nitrogens with zero attached hydrogens (tertiary/aromatic N) is 2. The van der Waals surface area contributed by atoms with E-state index in [0.717, 1.165) is 21.9 Å². The number of aromatic hydroxyl groups is 1. The first-order chi connectivity index (χ1) is 17.0. The monoisotopic (exact) mass is 466 g/mol. The topological polar surface area (TPSA) is 71.4 Å². The quantitative estimate of drug-likeness (QED) is 0.400. The summed E-state index contributed by atoms with van der Waals surface area (Å²) in [5.41, 5.74) is 3.75. The van der Waals surface area contributed by atoms with Crippen LogP contribution < -0.4 is 9.47 Å². The smallest absolute Gasteiger partial charge is 0.274 e. The first-order valence-electron chi connectivity index (χ1n) is 11.4. The molecule has 0 saturated carbocycles. The van der Waals surface area contributed by atoms with Crippen molar-refractivity contribution in [3.8, 4) is 17.2 Å². The zero-order valence-electron chi connectivity index (χ0n) is 19.9. The number of benzene rings is 4. The largest absolute Gasteiger partial charge is 0.507 e. The minimum Gasteiger partial charge on any atom is -0.507 e. The number of hydrogen-bond acceptors (Lipinski definition) is 5. The Bertz CT molecular complexity index is 1440. The number of ether oxygens (including phenoxy) is 2. The summed E-state index contributed by atoms with van der Waals surface area (Å²) in [6.07, 6.45) is 0.443. The van der Waals surface area contributed by atoms with Gasteiger partial charge < -0.3 is 14.6 Å². The fraction of sp³-hybridized carbons (Fsp3) is 0.172. The molecule has 4 aromatic rings. The van der Waals surface area contributed by atoms with E-state index >= 15 is 0 Å². The van der Waals surface area contributed by atoms with Crippen molar-refractivity contribution in [3.05, 3.63) is 101 Å². The molecular weight excluding hydrogens is 440 g/mol. The minimum absolute atomic E-state index is 0.164. The van der Waals surface area contributed by atoms with Crippen LogP contribution in [0.1, 0.15) is 39.5 Å². The van der Waals surface area contributed by atoms with Crippen molar-refractivity contribution in [2.24, 2.45) is 5.10 Å². The molecule has 0 unspecified atom stereocenters. The van der Waals surface area contributed by atoms with Gasteiger partial charge >= 0.3 is 0 Å². The average molecular weight is 467 g/mol. The van der Waals surface area contributed by atoms with E-state index in [9.17, 15) is 9.90 Å². The second kappa shape index (κ2) is 9.14. The third-order valence-electron chi connectivity index (χ3n) is 6.42. The molecule has 4 aromatic carbocycles. The summed E-state index contributed by atoms with van der Waals surface area (Å²) in [6.45, 7) is 1.98. The lowest BCUT2D eigenvalue weighted by Gasteiger charge is -2.23. The highest BCUT2D eigenvalue weighted by Gasteiger charge is 2.35. The molecule has 176 valence electrons. The van der Waals surface area contributed by atoms with Crippen LogP contribution in [0.4, 0.5) is 0 Å². The van der Waals surface area contributed by atoms with Gasteiger partial charge in [-0.05, 0) is 48.2 Å². The SMILES string of the molecule is COc1ccc([C@H]2CC(c3ccc4ccccc4c3O)=NN2C(=O)c2ccc(C)cc2)cc1OC. The van der Waals surface area contributed by atoms with Gasteiger partial charge in [-0.2, -0.15) is 5.10 Å². The number of phenolic OH excluding ortho intramolecular Hbond substituents is 1. The predicted molar refractivity (Wildman–Crippen MR) is 136 cm³/mol. The van der Waals surface area contributed by atoms with Gasteiger partial charge in [0.25, 0.3) is 5.91 Å². The molecule has 5 rings (SSSR count). The Morgan fingerprint density at radius 1 is 0.943 bits per heavy atom. The molecule has 0 spiro atoms. The summed E-state index contributed by atoms with van der Waals surface area (Å²) in [7, 11) is 3.17. The Labute approximate surface area is 204 Å². The average Bonchev–Trinajstić information content (AvgIpc) is 3.34. The molecule has 1 amide bonds. The van der Waals surface area contributed by atoms with E-state index in [1.165, 1.54) is 5.01 Å². The summed E-state index contributed by atoms with van der Waals surface area (Å²) in [4.78, 5) is 13.6. The maximum absolute atomic E-state index is 13.6. The van der Waals surface area contributed by atoms with Crippen LogP contribution in [0.3, 0.4) is 0 Å². The Hall–Kier alpha value is -4.32. The molecule has 0 aliphatic carbocycles. The predicted octanol–water partition coefficient (Wildman–Crippen LogP) is 5.86. The molecule has 0 bridgehead atoms. The third kappa shape index (κ3) is 4.08. The molecule has 35 heavy (non-hydrogen) atoms. The highest BCUT2D eigenvalue weighted by Crippen LogP contribution is 2.40. The van der Waals surface area contributed by atoms with Crippen molar-refractivity contribution in [3.63, 3.8) is 0 Å². The first-order valence-corrected chi connectivity index (χ1v) is 11.4. The summed E-state index contributed by atoms with van der Waals surface area (Å²) in [5.74, 6) is 1.14. The van der Waals surface area contributed by atoms with Gasteiger partial charge in [-0.3, -0.25) is 4.79 Å². The number of hydrogen-bond donors (Lipinski definition) is 1. The Morgan fingerprint density at radius 3 is 2.43 bits per heavy atom. The highest BCUT2D eigenvalue weighted by molar-refractivity contribution is 6.10. The minimum atomic E-state index is -0.371. The van der Waals surface area contributed by atoms with E-state index in [4.69, 9.17) is 14.6 Å². The molecule has 0 fully saturated rings. The lowest BCUT2D eigenvalue weighted by atomic mass is 9.95. The maximum Gasteiger partial charge on any atom is 0.274 e. The molecule has 6 nitrogen and oxygen atoms in total. The van der Waals surface area contributed by atoms with Crippen molar-refractivity contribution in [2.45, 2.75) is 19.4 Å². The van der Waals surface area contributed by atoms with Gasteiger partial charge in [0, 0.05) is 22.9 Å². The van der Waals surface area contributed by atoms with E-state index in [-0.39, 0.29) is 17.7 Å². The summed E-state index contributed by atoms with van der Waals surface area (Å²) >= 11 is 0. The van der Waals surface area contributed by atoms with Gasteiger partial charge in [-0.1, -0.05) is 54.1 Å². The number of rotatable bonds is 5. The molecule has 0 aromatic heterocycles. The Kier molecular flexibility index (Phi) is 5.87. The van der Waals surface area contributed by atoms with E-state index in [1.807, 2.05) is 85.8 Å². The van der Waals surface area contributed by atoms with Crippen molar-refractivity contribution in [1.82, 2.24) is 5.01 Å². The third-order valence-corrected chi connectivity index (χ3v) is 6.42. The van der Waals surface area contributed by atoms with Gasteiger partial charge in [0.15, 0.2) is 11.5 Å². The Morgan fingerprint density at radius 2 is 1.69 bits per heavy atom. The number of carbonyl (C=O) groups excluding carboxylic acids is 1. The molecule has 0 radical (unpaired) electrons. The van der Waals surface area contributed by atoms with Crippen LogP contribution in [-0.4, -0.2) is 36.0 Å². The molecular formula is C29H26N2O4. The van der Waals surface area contributed by atoms with Crippen LogP contribution in [0.15, 0.2) is 84.0 Å². The van der Waals surface area contributed by atoms with E-state index in [0.29, 0.717) is 34.8 Å². The number of amides is 1. The zero-order chi connectivity index (χ0) is 24.5. The summed E-state index contributed by atoms with van der Waals surface area (Å²) < 4.78 is 10.9. The zero-order valence-corrected chi connectivity index (χ0v) is 19.9. The Balaban J connectivity index is 1.60. The van der Waals surface area contributed by atoms with E-state index in [1.54, 1.807) is 14.2 Å². The molecule has 1 aliphatic rings. The van der Waals surface area contributed by atoms with Crippen LogP contribution in [0, 0.1) is 6.92 Å². The van der Waals surface area contributed by atoms with Crippen molar-refractivity contribution in [1.29, 1.82) is 0 Å². The van der Waals surface area contributed by atoms with Crippen LogP contribution in [0.25, 0.3) is 10.8 Å². The normalized spacial score (nSPS) is 15.2. The highest BCUT2D eigenvalue weighted by atomic mass is 16.5. The van der Waals surface area contributed by atoms with Gasteiger partial charge in [-0.25, -0.2) is 5.01 Å². The molecule has 1 aliphatic heterocycles. The van der Waals surface area contributed by atoms with Gasteiger partial charge in [0.05, 0.1) is 26.0 Å². The molecule has 1 N–H and O–H groups in total. The van der Waals surface area contributed by atoms with Crippen LogP contribution >= 0.6 is 0 Å². The van der Waals surface area contributed by atoms with Gasteiger partial charge in [0.2, 0.25) is 0 Å². The molecule has 6 heteroatoms. The number of aryl methyl sites for hydroxylation is 1. The van der Waals surface area contributed by atoms with Crippen molar-refractivity contribution >= 4 is 22.4 Å². The number of fused-ring (bicyclic) bond motifs is 1. The summed E-state index contributed by atoms with van der Waals surface area (Å²) in [6, 6.07) is 24.2. The standard InChI is InChI=1S/C29H26N2O4/c1-18-8-10-20(11-9-18)29(33)31-25(21-13-15-26(34-2)27(16-21)35-3)17-24(30-31)23-14-12-19-6-4-5-7-22(19)28(23)32/h4-16,25,32H,17H2,1-3H3/t25-/m1/s1. The lowest BCUT2D eigenvalue weighted by molar-refractivity contribution is 0.0711. The maximum atomic E-state index is 13.6. The van der Waals surface area contributed by atoms with Crippen molar-refractivity contribution < 1.29 is 19.4 Å². The number of hydrazone groups is 1. The molecule has 1 heterocycles. The van der Waals surface area contributed by atoms with Crippen LogP contribution in [-0.2, 0) is 0 Å². The van der Waals surface area contributed by atoms with Gasteiger partial charge in [0.1, 0.15) is 5.75 Å². The van der Waals surface area contributed by atoms with E-state index in [2.05, 4.69) is 0 Å². The molecule has 1 atom stereocenters. The number of carbonyl (C=O) groups is 1. The number of phenols is 1. The van der Waals surface area contributed by atoms with Crippen molar-refractivity contribution in [2.75, 3.05) is 14.2 Å². The first kappa shape index (κ1) is 22.5. The summed E-state index contributed by atoms with van der Waals surface area (Å²) in [5, 5.41) is 19.0. The van der Waals surface area contributed by atoms with Crippen LogP contribution in [0.2, 0.25) is 0 Å². The second-order valence-electron chi connectivity index (χ2n) is 8.58. The van der Waals surface area contributed by atoms with Gasteiger partial charge in [-0.15, -0.1) is 0 Å². The fourth-order valence-corrected chi connectivity index (χ4v) is 4.50. The second-order valence-corrected chi connectivity index (χ2v) is 8.58. The van der Waals surface area contributed by atoms with E-state index < -0.39 is 0 Å².